The van der Waals surface area contributed by atoms with Crippen LogP contribution in [0.3, 0.4) is 0 Å². The summed E-state index contributed by atoms with van der Waals surface area (Å²) in [6, 6.07) is 1.13. The van der Waals surface area contributed by atoms with Crippen LogP contribution in [0.1, 0.15) is 26.1 Å². The molecule has 0 radical (unpaired) electrons. The fourth-order valence-electron chi connectivity index (χ4n) is 5.09. The number of nitrogens with two attached hydrogens (primary N) is 1. The highest BCUT2D eigenvalue weighted by molar-refractivity contribution is 8.03. The van der Waals surface area contributed by atoms with E-state index in [0.717, 1.165) is 0 Å². The van der Waals surface area contributed by atoms with Gasteiger partial charge in [-0.3, -0.25) is 9.69 Å². The number of aliphatic carboxylic acids is 1. The van der Waals surface area contributed by atoms with Crippen LogP contribution in [0.4, 0.5) is 0 Å². The molecule has 3 aliphatic heterocycles. The number of nitrogens with one attached hydrogen (secondary N) is 1. The first-order valence-corrected chi connectivity index (χ1v) is 13.3. The number of likely N-dealkylation sites (tertiary alicyclic amines) is 1. The maximum Gasteiger partial charge on any atom is 0.353 e. The number of aromatic nitrogens is 2. The van der Waals surface area contributed by atoms with Gasteiger partial charge in [0.15, 0.2) is 0 Å². The Kier molecular flexibility index (Phi) is 6.99. The molecule has 12 nitrogen and oxygen atoms in total. The molecular weight excluding hydrogens is 484 g/mol. The van der Waals surface area contributed by atoms with Crippen molar-refractivity contribution in [3.05, 3.63) is 34.9 Å². The summed E-state index contributed by atoms with van der Waals surface area (Å²) in [5.41, 5.74) is -0.0200. The second kappa shape index (κ2) is 9.51. The van der Waals surface area contributed by atoms with Gasteiger partial charge in [-0.1, -0.05) is 6.92 Å². The van der Waals surface area contributed by atoms with Gasteiger partial charge in [0.1, 0.15) is 11.5 Å². The van der Waals surface area contributed by atoms with Crippen LogP contribution in [0.15, 0.2) is 29.1 Å². The van der Waals surface area contributed by atoms with Crippen molar-refractivity contribution < 1.29 is 28.2 Å². The quantitative estimate of drug-likeness (QED) is 0.303. The predicted octanol–water partition coefficient (Wildman–Crippen LogP) is -0.900. The van der Waals surface area contributed by atoms with Gasteiger partial charge in [0.05, 0.1) is 24.6 Å². The summed E-state index contributed by atoms with van der Waals surface area (Å²) in [7, 11) is -3.87. The van der Waals surface area contributed by atoms with Crippen molar-refractivity contribution in [1.82, 2.24) is 24.5 Å². The SMILES string of the molecule is C[C@@H](O)[C@H]1C(=O)N2C(C(=O)O)=C(S[C@H]3C[C@@H](CNS(N)(=O)=O)N(Cc4ncccn4)C3)[C@H](C)[C@H]12. The minimum Gasteiger partial charge on any atom is -0.477 e. The third kappa shape index (κ3) is 4.83. The van der Waals surface area contributed by atoms with E-state index in [9.17, 15) is 28.2 Å². The Morgan fingerprint density at radius 1 is 1.38 bits per heavy atom. The van der Waals surface area contributed by atoms with Crippen LogP contribution in [-0.4, -0.2) is 86.8 Å². The van der Waals surface area contributed by atoms with Gasteiger partial charge in [-0.15, -0.1) is 11.8 Å². The molecule has 0 spiro atoms. The topological polar surface area (TPSA) is 179 Å². The zero-order chi connectivity index (χ0) is 24.8. The molecule has 0 aliphatic carbocycles. The van der Waals surface area contributed by atoms with E-state index in [1.807, 2.05) is 11.8 Å². The number of nitrogens with zero attached hydrogens (tertiary/aromatic N) is 4. The van der Waals surface area contributed by atoms with E-state index in [2.05, 4.69) is 14.7 Å². The lowest BCUT2D eigenvalue weighted by Crippen LogP contribution is -2.63. The molecule has 2 saturated heterocycles. The first kappa shape index (κ1) is 25.0. The molecule has 0 aromatic carbocycles. The standard InChI is InChI=1S/C20H28N6O6S2/c1-10-16-15(11(2)27)19(28)26(16)17(20(29)30)18(10)33-13-6-12(7-24-34(21,31)32)25(8-13)9-14-22-4-3-5-23-14/h3-5,10-13,15-16,24,27H,6-9H2,1-2H3,(H,29,30)(H2,21,31,32)/t10-,11-,12+,13+,15-,16-/m1/s1. The molecule has 186 valence electrons. The second-order valence-corrected chi connectivity index (χ2v) is 11.6. The molecule has 34 heavy (non-hydrogen) atoms. The minimum atomic E-state index is -3.87. The Morgan fingerprint density at radius 3 is 2.65 bits per heavy atom. The number of hydrogen-bond donors (Lipinski definition) is 4. The number of carboxylic acid groups (broad SMARTS) is 1. The fraction of sp³-hybridized carbons (Fsp3) is 0.600. The lowest BCUT2D eigenvalue weighted by atomic mass is 9.79. The third-order valence-electron chi connectivity index (χ3n) is 6.58. The summed E-state index contributed by atoms with van der Waals surface area (Å²) in [6.07, 6.45) is 2.97. The number of β-lactam (4-membered cyclic amide) rings is 1. The molecule has 0 saturated carbocycles. The maximum absolute atomic E-state index is 12.6. The number of aliphatic hydroxyl groups is 1. The van der Waals surface area contributed by atoms with Crippen LogP contribution >= 0.6 is 11.8 Å². The average molecular weight is 513 g/mol. The van der Waals surface area contributed by atoms with Crippen LogP contribution < -0.4 is 9.86 Å². The Bertz CT molecular complexity index is 1100. The van der Waals surface area contributed by atoms with E-state index in [0.29, 0.717) is 30.2 Å². The van der Waals surface area contributed by atoms with Gasteiger partial charge in [-0.2, -0.15) is 8.42 Å². The number of fused-ring (bicyclic) bond motifs is 1. The first-order chi connectivity index (χ1) is 16.0. The maximum atomic E-state index is 12.6. The van der Waals surface area contributed by atoms with Crippen molar-refractivity contribution >= 4 is 33.8 Å². The van der Waals surface area contributed by atoms with Gasteiger partial charge in [0.2, 0.25) is 5.91 Å². The van der Waals surface area contributed by atoms with Crippen molar-refractivity contribution in [2.75, 3.05) is 13.1 Å². The number of thioether (sulfide) groups is 1. The molecule has 3 aliphatic rings. The number of hydrogen-bond acceptors (Lipinski definition) is 9. The molecule has 2 fully saturated rings. The van der Waals surface area contributed by atoms with Gasteiger partial charge >= 0.3 is 5.97 Å². The highest BCUT2D eigenvalue weighted by Crippen LogP contribution is 2.52. The van der Waals surface area contributed by atoms with Crippen molar-refractivity contribution in [3.63, 3.8) is 0 Å². The molecule has 5 N–H and O–H groups in total. The molecule has 6 atom stereocenters. The average Bonchev–Trinajstić information content (AvgIpc) is 3.23. The summed E-state index contributed by atoms with van der Waals surface area (Å²) in [4.78, 5) is 37.1. The lowest BCUT2D eigenvalue weighted by Gasteiger charge is -2.46. The number of amides is 1. The summed E-state index contributed by atoms with van der Waals surface area (Å²) < 4.78 is 25.3. The van der Waals surface area contributed by atoms with E-state index >= 15 is 0 Å². The van der Waals surface area contributed by atoms with E-state index in [1.54, 1.807) is 25.4 Å². The Hall–Kier alpha value is -2.10. The van der Waals surface area contributed by atoms with Crippen LogP contribution in [0.25, 0.3) is 0 Å². The zero-order valence-electron chi connectivity index (χ0n) is 18.7. The molecule has 0 bridgehead atoms. The smallest absolute Gasteiger partial charge is 0.353 e. The molecule has 1 amide bonds. The molecule has 4 heterocycles. The third-order valence-corrected chi connectivity index (χ3v) is 8.64. The number of rotatable bonds is 9. The first-order valence-electron chi connectivity index (χ1n) is 10.9. The molecular formula is C20H28N6O6S2. The van der Waals surface area contributed by atoms with Crippen molar-refractivity contribution in [1.29, 1.82) is 0 Å². The predicted molar refractivity (Wildman–Crippen MR) is 123 cm³/mol. The molecule has 1 aromatic rings. The van der Waals surface area contributed by atoms with Crippen molar-refractivity contribution in [3.8, 4) is 0 Å². The highest BCUT2D eigenvalue weighted by Gasteiger charge is 2.60. The monoisotopic (exact) mass is 512 g/mol. The van der Waals surface area contributed by atoms with Gasteiger partial charge < -0.3 is 15.1 Å². The summed E-state index contributed by atoms with van der Waals surface area (Å²) >= 11 is 1.41. The fourth-order valence-corrected chi connectivity index (χ4v) is 7.11. The van der Waals surface area contributed by atoms with Crippen LogP contribution in [0, 0.1) is 11.8 Å². The number of aliphatic hydroxyl groups excluding tert-OH is 1. The van der Waals surface area contributed by atoms with Crippen molar-refractivity contribution in [2.45, 2.75) is 50.3 Å². The summed E-state index contributed by atoms with van der Waals surface area (Å²) in [6.45, 7) is 4.46. The Morgan fingerprint density at radius 2 is 2.06 bits per heavy atom. The van der Waals surface area contributed by atoms with Crippen molar-refractivity contribution in [2.24, 2.45) is 17.0 Å². The van der Waals surface area contributed by atoms with Crippen LogP contribution in [0.2, 0.25) is 0 Å². The van der Waals surface area contributed by atoms with E-state index in [-0.39, 0.29) is 41.4 Å². The van der Waals surface area contributed by atoms with E-state index in [1.165, 1.54) is 16.7 Å². The number of carbonyl (C=O) groups is 2. The molecule has 1 aromatic heterocycles. The van der Waals surface area contributed by atoms with E-state index in [4.69, 9.17) is 5.14 Å². The highest BCUT2D eigenvalue weighted by atomic mass is 32.2. The normalized spacial score (nSPS) is 30.4. The number of carbonyl (C=O) groups excluding carboxylic acids is 1. The van der Waals surface area contributed by atoms with Gasteiger partial charge in [0, 0.05) is 47.6 Å². The minimum absolute atomic E-state index is 0.0200. The van der Waals surface area contributed by atoms with E-state index < -0.39 is 28.2 Å². The second-order valence-electron chi connectivity index (χ2n) is 8.89. The molecule has 0 unspecified atom stereocenters. The van der Waals surface area contributed by atoms with Gasteiger partial charge in [-0.25, -0.2) is 24.6 Å². The van der Waals surface area contributed by atoms with Crippen LogP contribution in [0.5, 0.6) is 0 Å². The summed E-state index contributed by atoms with van der Waals surface area (Å²) in [5, 5.41) is 25.0. The molecule has 4 rings (SSSR count). The lowest BCUT2D eigenvalue weighted by molar-refractivity contribution is -0.163. The van der Waals surface area contributed by atoms with Gasteiger partial charge in [-0.05, 0) is 19.4 Å². The van der Waals surface area contributed by atoms with Gasteiger partial charge in [0.25, 0.3) is 10.2 Å². The summed E-state index contributed by atoms with van der Waals surface area (Å²) in [5.74, 6) is -1.81. The Balaban J connectivity index is 1.54. The molecule has 14 heteroatoms. The van der Waals surface area contributed by atoms with Crippen LogP contribution in [-0.2, 0) is 26.3 Å². The largest absolute Gasteiger partial charge is 0.477 e. The zero-order valence-corrected chi connectivity index (χ0v) is 20.4. The Labute approximate surface area is 201 Å². The number of carboxylic acids is 1.